The number of rotatable bonds is 11. The smallest absolute Gasteiger partial charge is 0.113 e. The van der Waals surface area contributed by atoms with Crippen molar-refractivity contribution in [2.75, 3.05) is 9.80 Å². The van der Waals surface area contributed by atoms with Gasteiger partial charge in [-0.15, -0.1) is 0 Å². The van der Waals surface area contributed by atoms with Crippen LogP contribution in [-0.4, -0.2) is 29.3 Å². The number of anilines is 6. The fourth-order valence-corrected chi connectivity index (χ4v) is 19.5. The SMILES string of the molecule is Brc1ccc(N(c2ccc(-c3ccccc3)cc2)c2ccccc2-c2ccccc2)cc1.CC(C)(O)C(C)(C)O.CC1(C)c2ccccc2C2(c3ccccc3-c3ccc(N(c4ccc(-c5ccccc5)cc4)c4ccccc4-c4ccccc4)cc32)c2ccccc21.[B]c1ccc2c(c1)C1(c3ccccc3-2)c2ccccc2C(C)(C)c2ccccc21. The van der Waals surface area contributed by atoms with Gasteiger partial charge in [0.1, 0.15) is 7.85 Å². The van der Waals surface area contributed by atoms with Crippen LogP contribution in [0.4, 0.5) is 34.1 Å². The van der Waals surface area contributed by atoms with Gasteiger partial charge in [0.2, 0.25) is 0 Å². The van der Waals surface area contributed by atoms with Crippen molar-refractivity contribution in [2.24, 2.45) is 0 Å². The molecular weight excluding hydrogens is 1540 g/mol. The third-order valence-electron chi connectivity index (χ3n) is 25.9. The molecule has 0 saturated heterocycles. The van der Waals surface area contributed by atoms with Crippen molar-refractivity contribution < 1.29 is 10.2 Å². The van der Waals surface area contributed by atoms with Crippen LogP contribution in [0.2, 0.25) is 0 Å². The largest absolute Gasteiger partial charge is 0.387 e. The summed E-state index contributed by atoms with van der Waals surface area (Å²) < 4.78 is 1.07. The lowest BCUT2D eigenvalue weighted by Gasteiger charge is -2.46. The van der Waals surface area contributed by atoms with Gasteiger partial charge in [0.05, 0.1) is 33.4 Å². The average molecular weight is 1640 g/mol. The standard InChI is InChI=1S/C52H39N.C30H22BrN.C28H21B.C6H14O2/c1-51(2)45-24-12-14-26-47(45)52(48-27-15-13-25-46(48)51)44-23-11-9-22-42(44)43-34-33-40(35-49(43)52)53(39-31-29-37(30-32-39)36-17-5-3-6-18-36)50-28-16-10-21-41(50)38-19-7-4-8-20-38;31-26-17-21-28(22-18-26)32(27-19-15-24(16-20-27)23-9-3-1-4-10-23)30-14-8-7-13-29(30)25-11-5-2-6-12-25;1-27(2)22-11-5-7-13-24(22)28(25-14-8-6-12-23(25)27)21-10-4-3-9-19(21)20-16-15-18(29)17-26(20)28;1-5(2,7)6(3,4)8/h3-35H,1-2H3;1-22H;3-17H,1-2H3;7-8H,1-4H3. The Kier molecular flexibility index (Phi) is 21.2. The molecule has 0 heterocycles. The number of benzene rings is 17. The van der Waals surface area contributed by atoms with Crippen LogP contribution in [0.1, 0.15) is 122 Å². The van der Waals surface area contributed by atoms with Crippen molar-refractivity contribution in [2.45, 2.75) is 88.3 Å². The Bertz CT molecular complexity index is 6560. The summed E-state index contributed by atoms with van der Waals surface area (Å²) in [6.45, 7) is 15.8. The number of fused-ring (bicyclic) bond motifs is 18. The van der Waals surface area contributed by atoms with Crippen LogP contribution >= 0.6 is 15.9 Å². The van der Waals surface area contributed by atoms with Crippen LogP contribution in [0.5, 0.6) is 0 Å². The number of para-hydroxylation sites is 2. The van der Waals surface area contributed by atoms with Gasteiger partial charge in [-0.25, -0.2) is 0 Å². The van der Waals surface area contributed by atoms with Crippen LogP contribution in [-0.2, 0) is 21.7 Å². The molecule has 17 aromatic carbocycles. The molecule has 0 fully saturated rings. The fourth-order valence-electron chi connectivity index (χ4n) is 19.2. The molecule has 592 valence electrons. The Morgan fingerprint density at radius 3 is 0.828 bits per heavy atom. The minimum Gasteiger partial charge on any atom is -0.387 e. The average Bonchev–Trinajstić information content (AvgIpc) is 1.41. The Balaban J connectivity index is 0.000000126. The van der Waals surface area contributed by atoms with E-state index in [2.05, 4.69) is 466 Å². The second-order valence-electron chi connectivity index (χ2n) is 34.4. The first-order valence-electron chi connectivity index (χ1n) is 42.2. The molecule has 122 heavy (non-hydrogen) atoms. The summed E-state index contributed by atoms with van der Waals surface area (Å²) in [7, 11) is 6.35. The normalized spacial score (nSPS) is 13.8. The van der Waals surface area contributed by atoms with E-state index in [4.69, 9.17) is 18.1 Å². The molecule has 0 unspecified atom stereocenters. The maximum atomic E-state index is 9.10. The predicted octanol–water partition coefficient (Wildman–Crippen LogP) is 28.8. The third-order valence-corrected chi connectivity index (χ3v) is 26.4. The van der Waals surface area contributed by atoms with E-state index in [1.807, 2.05) is 12.1 Å². The molecular formula is C116H96BBrN2O2. The first-order chi connectivity index (χ1) is 59.2. The van der Waals surface area contributed by atoms with Crippen molar-refractivity contribution in [3.63, 3.8) is 0 Å². The van der Waals surface area contributed by atoms with Gasteiger partial charge in [0, 0.05) is 49.2 Å². The van der Waals surface area contributed by atoms with Gasteiger partial charge in [-0.3, -0.25) is 0 Å². The maximum absolute atomic E-state index is 9.10. The van der Waals surface area contributed by atoms with E-state index in [1.54, 1.807) is 27.7 Å². The van der Waals surface area contributed by atoms with Crippen LogP contribution < -0.4 is 15.3 Å². The summed E-state index contributed by atoms with van der Waals surface area (Å²) in [4.78, 5) is 4.78. The summed E-state index contributed by atoms with van der Waals surface area (Å²) >= 11 is 3.58. The van der Waals surface area contributed by atoms with Gasteiger partial charge in [0.25, 0.3) is 0 Å². The molecule has 0 atom stereocenters. The molecule has 0 aromatic heterocycles. The molecule has 0 bridgehead atoms. The lowest BCUT2D eigenvalue weighted by molar-refractivity contribution is -0.107. The van der Waals surface area contributed by atoms with Gasteiger partial charge in [0.15, 0.2) is 0 Å². The van der Waals surface area contributed by atoms with E-state index < -0.39 is 16.6 Å². The Morgan fingerprint density at radius 2 is 0.475 bits per heavy atom. The number of aliphatic hydroxyl groups is 2. The van der Waals surface area contributed by atoms with E-state index in [0.717, 1.165) is 44.1 Å². The van der Waals surface area contributed by atoms with Crippen molar-refractivity contribution in [3.8, 4) is 66.8 Å². The molecule has 2 N–H and O–H groups in total. The molecule has 0 aliphatic heterocycles. The van der Waals surface area contributed by atoms with Crippen molar-refractivity contribution >= 4 is 63.4 Å². The lowest BCUT2D eigenvalue weighted by atomic mass is 9.55. The number of halogens is 1. The summed E-state index contributed by atoms with van der Waals surface area (Å²) in [5.41, 5.74) is 35.8. The van der Waals surface area contributed by atoms with Gasteiger partial charge >= 0.3 is 0 Å². The summed E-state index contributed by atoms with van der Waals surface area (Å²) in [5, 5.41) is 18.2. The summed E-state index contributed by atoms with van der Waals surface area (Å²) in [6.07, 6.45) is 0. The van der Waals surface area contributed by atoms with Crippen LogP contribution in [0, 0.1) is 0 Å². The van der Waals surface area contributed by atoms with Crippen LogP contribution in [0.3, 0.4) is 0 Å². The zero-order chi connectivity index (χ0) is 84.1. The van der Waals surface area contributed by atoms with Gasteiger partial charge < -0.3 is 20.0 Å². The van der Waals surface area contributed by atoms with Gasteiger partial charge in [-0.1, -0.05) is 401 Å². The highest BCUT2D eigenvalue weighted by Crippen LogP contribution is 2.65. The molecule has 2 spiro atoms. The second-order valence-corrected chi connectivity index (χ2v) is 35.3. The molecule has 4 aliphatic rings. The first-order valence-corrected chi connectivity index (χ1v) is 43.0. The number of hydrogen-bond donors (Lipinski definition) is 2. The second kappa shape index (κ2) is 32.4. The Hall–Kier alpha value is -13.2. The molecule has 0 saturated carbocycles. The Labute approximate surface area is 729 Å². The maximum Gasteiger partial charge on any atom is 0.113 e. The summed E-state index contributed by atoms with van der Waals surface area (Å²) in [5.74, 6) is 0. The molecule has 2 radical (unpaired) electrons. The molecule has 17 aromatic rings. The van der Waals surface area contributed by atoms with Crippen LogP contribution in [0.15, 0.2) is 429 Å². The van der Waals surface area contributed by atoms with E-state index in [1.165, 1.54) is 134 Å². The monoisotopic (exact) mass is 1640 g/mol. The molecule has 6 heteroatoms. The predicted molar refractivity (Wildman–Crippen MR) is 515 cm³/mol. The number of hydrogen-bond acceptors (Lipinski definition) is 4. The van der Waals surface area contributed by atoms with E-state index in [0.29, 0.717) is 0 Å². The molecule has 21 rings (SSSR count). The van der Waals surface area contributed by atoms with Crippen molar-refractivity contribution in [1.29, 1.82) is 0 Å². The van der Waals surface area contributed by atoms with E-state index in [9.17, 15) is 0 Å². The van der Waals surface area contributed by atoms with E-state index in [-0.39, 0.29) is 16.2 Å². The Morgan fingerprint density at radius 1 is 0.230 bits per heavy atom. The topological polar surface area (TPSA) is 46.9 Å². The minimum atomic E-state index is -1.01. The fraction of sp³-hybridized carbons (Fsp3) is 0.121. The third kappa shape index (κ3) is 14.0. The zero-order valence-corrected chi connectivity index (χ0v) is 71.7. The zero-order valence-electron chi connectivity index (χ0n) is 70.2. The van der Waals surface area contributed by atoms with Crippen LogP contribution in [0.25, 0.3) is 66.8 Å². The highest BCUT2D eigenvalue weighted by molar-refractivity contribution is 9.10. The van der Waals surface area contributed by atoms with Crippen molar-refractivity contribution in [3.05, 3.63) is 496 Å². The van der Waals surface area contributed by atoms with Crippen molar-refractivity contribution in [1.82, 2.24) is 0 Å². The molecule has 4 aliphatic carbocycles. The van der Waals surface area contributed by atoms with E-state index >= 15 is 0 Å². The summed E-state index contributed by atoms with van der Waals surface area (Å²) in [6, 6.07) is 154. The first kappa shape index (κ1) is 79.9. The highest BCUT2D eigenvalue weighted by Gasteiger charge is 2.55. The quantitative estimate of drug-likeness (QED) is 0.127. The van der Waals surface area contributed by atoms with Gasteiger partial charge in [-0.2, -0.15) is 0 Å². The minimum absolute atomic E-state index is 0.0591. The number of nitrogens with zero attached hydrogens (tertiary/aromatic N) is 2. The molecule has 4 nitrogen and oxygen atoms in total. The highest BCUT2D eigenvalue weighted by atomic mass is 79.9. The lowest BCUT2D eigenvalue weighted by Crippen LogP contribution is -2.44. The van der Waals surface area contributed by atoms with Gasteiger partial charge in [-0.05, 0) is 223 Å². The molecule has 0 amide bonds.